The van der Waals surface area contributed by atoms with E-state index in [0.717, 1.165) is 31.2 Å². The van der Waals surface area contributed by atoms with E-state index in [4.69, 9.17) is 4.74 Å². The second kappa shape index (κ2) is 9.15. The zero-order valence-corrected chi connectivity index (χ0v) is 19.7. The summed E-state index contributed by atoms with van der Waals surface area (Å²) in [5.41, 5.74) is 0.949. The van der Waals surface area contributed by atoms with Crippen molar-refractivity contribution < 1.29 is 14.1 Å². The average Bonchev–Trinajstić information content (AvgIpc) is 3.75. The molecule has 0 spiro atoms. The SMILES string of the molecule is CC(C)(C(=O)Nc1ccc(-c2cncc(OC3CC3)n2)cn1)c1ccnc(N[S+]([O-])C2CC2)n1. The highest BCUT2D eigenvalue weighted by Crippen LogP contribution is 2.30. The number of hydrogen-bond donors (Lipinski definition) is 2. The summed E-state index contributed by atoms with van der Waals surface area (Å²) >= 11 is -1.21. The van der Waals surface area contributed by atoms with Crippen molar-refractivity contribution in [1.82, 2.24) is 24.9 Å². The normalized spacial score (nSPS) is 16.6. The number of carbonyl (C=O) groups is 1. The Bertz CT molecular complexity index is 1180. The van der Waals surface area contributed by atoms with Gasteiger partial charge in [0.15, 0.2) is 0 Å². The molecule has 10 nitrogen and oxygen atoms in total. The molecule has 2 fully saturated rings. The number of aromatic nitrogens is 5. The van der Waals surface area contributed by atoms with Crippen molar-refractivity contribution in [3.05, 3.63) is 48.7 Å². The summed E-state index contributed by atoms with van der Waals surface area (Å²) in [6.07, 6.45) is 10.6. The Labute approximate surface area is 200 Å². The lowest BCUT2D eigenvalue weighted by atomic mass is 9.88. The molecule has 34 heavy (non-hydrogen) atoms. The molecule has 0 radical (unpaired) electrons. The Kier molecular flexibility index (Phi) is 6.05. The van der Waals surface area contributed by atoms with Crippen LogP contribution >= 0.6 is 0 Å². The van der Waals surface area contributed by atoms with E-state index in [9.17, 15) is 9.35 Å². The van der Waals surface area contributed by atoms with Crippen LogP contribution in [0.15, 0.2) is 43.0 Å². The van der Waals surface area contributed by atoms with Gasteiger partial charge in [0.2, 0.25) is 11.8 Å². The first kappa shape index (κ1) is 22.5. The van der Waals surface area contributed by atoms with E-state index in [-0.39, 0.29) is 23.2 Å². The molecule has 11 heteroatoms. The molecule has 1 amide bonds. The fraction of sp³-hybridized carbons (Fsp3) is 0.391. The monoisotopic (exact) mass is 479 g/mol. The Morgan fingerprint density at radius 3 is 2.62 bits per heavy atom. The second-order valence-electron chi connectivity index (χ2n) is 8.94. The third kappa shape index (κ3) is 5.26. The lowest BCUT2D eigenvalue weighted by Crippen LogP contribution is -2.36. The molecule has 176 valence electrons. The number of nitrogens with one attached hydrogen (secondary N) is 2. The van der Waals surface area contributed by atoms with Crippen LogP contribution in [0.1, 0.15) is 45.2 Å². The minimum atomic E-state index is -1.21. The van der Waals surface area contributed by atoms with Crippen LogP contribution in [0.25, 0.3) is 11.3 Å². The highest BCUT2D eigenvalue weighted by Gasteiger charge is 2.36. The number of anilines is 2. The first-order valence-corrected chi connectivity index (χ1v) is 12.4. The summed E-state index contributed by atoms with van der Waals surface area (Å²) in [7, 11) is 0. The maximum Gasteiger partial charge on any atom is 0.265 e. The third-order valence-corrected chi connectivity index (χ3v) is 7.07. The van der Waals surface area contributed by atoms with Crippen molar-refractivity contribution >= 4 is 29.0 Å². The third-order valence-electron chi connectivity index (χ3n) is 5.61. The number of amides is 1. The quantitative estimate of drug-likeness (QED) is 0.443. The molecule has 0 aromatic carbocycles. The van der Waals surface area contributed by atoms with Crippen molar-refractivity contribution in [2.24, 2.45) is 0 Å². The molecule has 0 aliphatic heterocycles. The van der Waals surface area contributed by atoms with Crippen molar-refractivity contribution in [1.29, 1.82) is 0 Å². The number of rotatable bonds is 9. The number of ether oxygens (including phenoxy) is 1. The van der Waals surface area contributed by atoms with Gasteiger partial charge in [-0.15, -0.1) is 0 Å². The zero-order valence-electron chi connectivity index (χ0n) is 18.9. The van der Waals surface area contributed by atoms with E-state index in [1.165, 1.54) is 0 Å². The molecule has 0 saturated heterocycles. The topological polar surface area (TPSA) is 138 Å². The lowest BCUT2D eigenvalue weighted by Gasteiger charge is -2.23. The van der Waals surface area contributed by atoms with E-state index >= 15 is 0 Å². The molecule has 5 rings (SSSR count). The fourth-order valence-electron chi connectivity index (χ4n) is 3.12. The molecule has 2 N–H and O–H groups in total. The van der Waals surface area contributed by atoms with Gasteiger partial charge in [-0.2, -0.15) is 4.72 Å². The van der Waals surface area contributed by atoms with Gasteiger partial charge >= 0.3 is 0 Å². The van der Waals surface area contributed by atoms with Gasteiger partial charge in [-0.3, -0.25) is 9.78 Å². The zero-order chi connectivity index (χ0) is 23.7. The maximum absolute atomic E-state index is 13.1. The molecule has 1 unspecified atom stereocenters. The van der Waals surface area contributed by atoms with Crippen LogP contribution in [0.2, 0.25) is 0 Å². The summed E-state index contributed by atoms with van der Waals surface area (Å²) in [4.78, 5) is 34.7. The molecular formula is C23H25N7O3S. The van der Waals surface area contributed by atoms with Crippen molar-refractivity contribution in [3.8, 4) is 17.1 Å². The summed E-state index contributed by atoms with van der Waals surface area (Å²) in [5.74, 6) is 0.877. The summed E-state index contributed by atoms with van der Waals surface area (Å²) in [6.45, 7) is 3.53. The van der Waals surface area contributed by atoms with Crippen molar-refractivity contribution in [2.45, 2.75) is 56.3 Å². The fourth-order valence-corrected chi connectivity index (χ4v) is 4.13. The minimum absolute atomic E-state index is 0.150. The predicted octanol–water partition coefficient (Wildman–Crippen LogP) is 3.02. The van der Waals surface area contributed by atoms with Gasteiger partial charge in [-0.1, -0.05) is 0 Å². The number of hydrogen-bond acceptors (Lipinski definition) is 9. The Hall–Kier alpha value is -3.31. The highest BCUT2D eigenvalue weighted by molar-refractivity contribution is 7.93. The van der Waals surface area contributed by atoms with E-state index in [2.05, 4.69) is 35.0 Å². The van der Waals surface area contributed by atoms with Gasteiger partial charge in [-0.25, -0.2) is 19.9 Å². The first-order valence-electron chi connectivity index (χ1n) is 11.2. The van der Waals surface area contributed by atoms with Gasteiger partial charge in [0, 0.05) is 30.8 Å². The van der Waals surface area contributed by atoms with Crippen LogP contribution in [-0.4, -0.2) is 46.7 Å². The molecule has 3 heterocycles. The molecular weight excluding hydrogens is 454 g/mol. The van der Waals surface area contributed by atoms with Crippen molar-refractivity contribution in [3.63, 3.8) is 0 Å². The van der Waals surface area contributed by atoms with E-state index in [1.54, 1.807) is 50.8 Å². The largest absolute Gasteiger partial charge is 0.593 e. The second-order valence-corrected chi connectivity index (χ2v) is 10.4. The molecule has 1 atom stereocenters. The first-order chi connectivity index (χ1) is 16.4. The standard InChI is InChI=1S/C23H25N7O3S/c1-23(2,18-9-10-25-22(28-18)30-34(32)16-6-7-16)21(31)29-19-8-3-14(11-26-19)17-12-24-13-20(27-17)33-15-4-5-15/h3,8-13,15-16H,4-7H2,1-2H3,(H,25,28,30)(H,26,29,31). The summed E-state index contributed by atoms with van der Waals surface area (Å²) < 4.78 is 20.7. The Balaban J connectivity index is 1.25. The maximum atomic E-state index is 13.1. The molecule has 2 aliphatic rings. The van der Waals surface area contributed by atoms with E-state index in [0.29, 0.717) is 23.1 Å². The predicted molar refractivity (Wildman–Crippen MR) is 127 cm³/mol. The summed E-state index contributed by atoms with van der Waals surface area (Å²) in [5, 5.41) is 2.99. The minimum Gasteiger partial charge on any atom is -0.593 e. The van der Waals surface area contributed by atoms with Crippen LogP contribution in [0.4, 0.5) is 11.8 Å². The van der Waals surface area contributed by atoms with Gasteiger partial charge < -0.3 is 14.6 Å². The number of nitrogens with zero attached hydrogens (tertiary/aromatic N) is 5. The van der Waals surface area contributed by atoms with Gasteiger partial charge in [0.1, 0.15) is 17.2 Å². The molecule has 2 saturated carbocycles. The number of carbonyl (C=O) groups excluding carboxylic acids is 1. The van der Waals surface area contributed by atoms with E-state index in [1.807, 2.05) is 6.07 Å². The van der Waals surface area contributed by atoms with Crippen LogP contribution in [0.5, 0.6) is 5.88 Å². The van der Waals surface area contributed by atoms with Crippen molar-refractivity contribution in [2.75, 3.05) is 10.0 Å². The molecule has 2 aliphatic carbocycles. The van der Waals surface area contributed by atoms with Crippen LogP contribution in [0.3, 0.4) is 0 Å². The Morgan fingerprint density at radius 1 is 1.09 bits per heavy atom. The molecule has 0 bridgehead atoms. The van der Waals surface area contributed by atoms with Crippen LogP contribution < -0.4 is 14.8 Å². The lowest BCUT2D eigenvalue weighted by molar-refractivity contribution is -0.120. The highest BCUT2D eigenvalue weighted by atomic mass is 32.2. The van der Waals surface area contributed by atoms with Crippen LogP contribution in [-0.2, 0) is 21.6 Å². The van der Waals surface area contributed by atoms with Gasteiger partial charge in [0.05, 0.1) is 40.6 Å². The van der Waals surface area contributed by atoms with Gasteiger partial charge in [-0.05, 0) is 44.9 Å². The summed E-state index contributed by atoms with van der Waals surface area (Å²) in [6, 6.07) is 5.21. The molecule has 3 aromatic rings. The number of pyridine rings is 1. The smallest absolute Gasteiger partial charge is 0.265 e. The van der Waals surface area contributed by atoms with Gasteiger partial charge in [0.25, 0.3) is 5.95 Å². The molecule has 3 aromatic heterocycles. The van der Waals surface area contributed by atoms with E-state index < -0.39 is 16.8 Å². The Morgan fingerprint density at radius 2 is 1.91 bits per heavy atom. The average molecular weight is 480 g/mol. The van der Waals surface area contributed by atoms with Crippen LogP contribution in [0, 0.1) is 0 Å².